The molecular formula is C22H25N5O3. The van der Waals surface area contributed by atoms with Crippen LogP contribution >= 0.6 is 0 Å². The molecule has 156 valence electrons. The Kier molecular flexibility index (Phi) is 4.78. The van der Waals surface area contributed by atoms with Crippen molar-refractivity contribution in [3.05, 3.63) is 42.2 Å². The molecule has 3 heterocycles. The van der Waals surface area contributed by atoms with Gasteiger partial charge in [0.1, 0.15) is 0 Å². The van der Waals surface area contributed by atoms with Crippen LogP contribution in [0.1, 0.15) is 23.3 Å². The molecule has 8 nitrogen and oxygen atoms in total. The molecule has 2 aromatic heterocycles. The largest absolute Gasteiger partial charge is 0.493 e. The average Bonchev–Trinajstić information content (AvgIpc) is 3.56. The van der Waals surface area contributed by atoms with E-state index in [0.29, 0.717) is 22.8 Å². The number of amides is 1. The maximum Gasteiger partial charge on any atom is 0.274 e. The van der Waals surface area contributed by atoms with E-state index in [1.165, 1.54) is 12.8 Å². The molecule has 30 heavy (non-hydrogen) atoms. The van der Waals surface area contributed by atoms with E-state index >= 15 is 0 Å². The van der Waals surface area contributed by atoms with E-state index in [1.807, 2.05) is 29.2 Å². The second kappa shape index (κ2) is 7.60. The highest BCUT2D eigenvalue weighted by atomic mass is 16.5. The lowest BCUT2D eigenvalue weighted by atomic mass is 10.1. The molecule has 1 saturated heterocycles. The standard InChI is InChI=1S/C22H25N5O3/c1-29-19-6-3-15(13-20(19)30-2)18-7-8-23-21-14-17(24-27(18)21)22(28)26-11-9-25(10-12-26)16-4-5-16/h3,6-8,13-14,16H,4-5,9-12H2,1-2H3. The Morgan fingerprint density at radius 1 is 1.00 bits per heavy atom. The van der Waals surface area contributed by atoms with E-state index in [2.05, 4.69) is 15.0 Å². The number of hydrogen-bond acceptors (Lipinski definition) is 6. The van der Waals surface area contributed by atoms with Crippen LogP contribution in [0.15, 0.2) is 36.5 Å². The number of rotatable bonds is 5. The molecule has 0 atom stereocenters. The third-order valence-electron chi connectivity index (χ3n) is 5.92. The van der Waals surface area contributed by atoms with Crippen LogP contribution in [0, 0.1) is 0 Å². The van der Waals surface area contributed by atoms with Crippen molar-refractivity contribution in [1.29, 1.82) is 0 Å². The van der Waals surface area contributed by atoms with E-state index < -0.39 is 0 Å². The number of carbonyl (C=O) groups excluding carboxylic acids is 1. The van der Waals surface area contributed by atoms with Gasteiger partial charge in [0.2, 0.25) is 0 Å². The molecule has 0 bridgehead atoms. The molecule has 1 saturated carbocycles. The van der Waals surface area contributed by atoms with Gasteiger partial charge in [0.25, 0.3) is 5.91 Å². The van der Waals surface area contributed by atoms with Crippen molar-refractivity contribution in [2.75, 3.05) is 40.4 Å². The Balaban J connectivity index is 1.43. The number of methoxy groups -OCH3 is 2. The molecule has 0 unspecified atom stereocenters. The first-order valence-electron chi connectivity index (χ1n) is 10.3. The van der Waals surface area contributed by atoms with Gasteiger partial charge >= 0.3 is 0 Å². The number of ether oxygens (including phenoxy) is 2. The van der Waals surface area contributed by atoms with Crippen molar-refractivity contribution in [2.45, 2.75) is 18.9 Å². The van der Waals surface area contributed by atoms with E-state index in [1.54, 1.807) is 31.0 Å². The lowest BCUT2D eigenvalue weighted by molar-refractivity contribution is 0.0621. The van der Waals surface area contributed by atoms with Crippen molar-refractivity contribution in [3.8, 4) is 22.8 Å². The summed E-state index contributed by atoms with van der Waals surface area (Å²) in [6.07, 6.45) is 4.32. The van der Waals surface area contributed by atoms with Gasteiger partial charge in [0.05, 0.1) is 19.9 Å². The summed E-state index contributed by atoms with van der Waals surface area (Å²) in [7, 11) is 3.22. The van der Waals surface area contributed by atoms with Gasteiger partial charge in [-0.1, -0.05) is 0 Å². The number of nitrogens with zero attached hydrogens (tertiary/aromatic N) is 5. The lowest BCUT2D eigenvalue weighted by Gasteiger charge is -2.34. The third kappa shape index (κ3) is 3.37. The van der Waals surface area contributed by atoms with Crippen LogP contribution in [-0.4, -0.2) is 76.7 Å². The highest BCUT2D eigenvalue weighted by Gasteiger charge is 2.33. The highest BCUT2D eigenvalue weighted by molar-refractivity contribution is 5.93. The molecule has 1 aliphatic heterocycles. The monoisotopic (exact) mass is 407 g/mol. The minimum Gasteiger partial charge on any atom is -0.493 e. The Labute approximate surface area is 175 Å². The van der Waals surface area contributed by atoms with Crippen molar-refractivity contribution >= 4 is 11.6 Å². The molecule has 1 amide bonds. The first kappa shape index (κ1) is 18.9. The maximum absolute atomic E-state index is 13.1. The average molecular weight is 407 g/mol. The molecule has 2 aliphatic rings. The number of fused-ring (bicyclic) bond motifs is 1. The summed E-state index contributed by atoms with van der Waals surface area (Å²) >= 11 is 0. The molecule has 8 heteroatoms. The summed E-state index contributed by atoms with van der Waals surface area (Å²) in [6, 6.07) is 10.1. The van der Waals surface area contributed by atoms with Crippen LogP contribution in [0.25, 0.3) is 16.9 Å². The van der Waals surface area contributed by atoms with Crippen molar-refractivity contribution in [3.63, 3.8) is 0 Å². The minimum atomic E-state index is -0.0331. The predicted molar refractivity (Wildman–Crippen MR) is 112 cm³/mol. The summed E-state index contributed by atoms with van der Waals surface area (Å²) in [5.41, 5.74) is 2.80. The summed E-state index contributed by atoms with van der Waals surface area (Å²) in [5.74, 6) is 1.26. The fraction of sp³-hybridized carbons (Fsp3) is 0.409. The minimum absolute atomic E-state index is 0.0331. The number of hydrogen-bond donors (Lipinski definition) is 0. The molecule has 0 spiro atoms. The van der Waals surface area contributed by atoms with Crippen LogP contribution in [-0.2, 0) is 0 Å². The fourth-order valence-corrected chi connectivity index (χ4v) is 4.11. The van der Waals surface area contributed by atoms with E-state index in [0.717, 1.165) is 43.5 Å². The van der Waals surface area contributed by atoms with Crippen LogP contribution in [0.2, 0.25) is 0 Å². The number of benzene rings is 1. The lowest BCUT2D eigenvalue weighted by Crippen LogP contribution is -2.49. The highest BCUT2D eigenvalue weighted by Crippen LogP contribution is 2.32. The van der Waals surface area contributed by atoms with Crippen molar-refractivity contribution in [1.82, 2.24) is 24.4 Å². The SMILES string of the molecule is COc1ccc(-c2ccnc3cc(C(=O)N4CCN(C5CC5)CC4)nn23)cc1OC. The van der Waals surface area contributed by atoms with Crippen LogP contribution in [0.5, 0.6) is 11.5 Å². The molecular weight excluding hydrogens is 382 g/mol. The zero-order valence-electron chi connectivity index (χ0n) is 17.2. The maximum atomic E-state index is 13.1. The Bertz CT molecular complexity index is 1080. The van der Waals surface area contributed by atoms with Crippen molar-refractivity contribution < 1.29 is 14.3 Å². The third-order valence-corrected chi connectivity index (χ3v) is 5.92. The topological polar surface area (TPSA) is 72.2 Å². The number of aromatic nitrogens is 3. The van der Waals surface area contributed by atoms with Crippen LogP contribution in [0.4, 0.5) is 0 Å². The summed E-state index contributed by atoms with van der Waals surface area (Å²) in [5, 5.41) is 4.61. The van der Waals surface area contributed by atoms with Gasteiger partial charge in [-0.15, -0.1) is 0 Å². The number of carbonyl (C=O) groups is 1. The predicted octanol–water partition coefficient (Wildman–Crippen LogP) is 2.33. The first-order chi connectivity index (χ1) is 14.7. The van der Waals surface area contributed by atoms with Gasteiger partial charge < -0.3 is 14.4 Å². The van der Waals surface area contributed by atoms with Gasteiger partial charge in [-0.2, -0.15) is 5.10 Å². The van der Waals surface area contributed by atoms with Gasteiger partial charge in [0, 0.05) is 50.0 Å². The molecule has 5 rings (SSSR count). The van der Waals surface area contributed by atoms with E-state index in [9.17, 15) is 4.79 Å². The Hall–Kier alpha value is -3.13. The fourth-order valence-electron chi connectivity index (χ4n) is 4.11. The summed E-state index contributed by atoms with van der Waals surface area (Å²) in [6.45, 7) is 3.39. The van der Waals surface area contributed by atoms with E-state index in [4.69, 9.17) is 9.47 Å². The van der Waals surface area contributed by atoms with E-state index in [-0.39, 0.29) is 5.91 Å². The van der Waals surface area contributed by atoms with Gasteiger partial charge in [0.15, 0.2) is 22.8 Å². The molecule has 1 aliphatic carbocycles. The zero-order valence-corrected chi connectivity index (χ0v) is 17.2. The second-order valence-corrected chi connectivity index (χ2v) is 7.76. The normalized spacial score (nSPS) is 17.3. The van der Waals surface area contributed by atoms with Crippen LogP contribution < -0.4 is 9.47 Å². The second-order valence-electron chi connectivity index (χ2n) is 7.76. The smallest absolute Gasteiger partial charge is 0.274 e. The molecule has 0 radical (unpaired) electrons. The molecule has 3 aromatic rings. The molecule has 2 fully saturated rings. The molecule has 0 N–H and O–H groups in total. The Morgan fingerprint density at radius 3 is 2.47 bits per heavy atom. The molecule has 1 aromatic carbocycles. The quantitative estimate of drug-likeness (QED) is 0.647. The van der Waals surface area contributed by atoms with Gasteiger partial charge in [-0.05, 0) is 37.1 Å². The van der Waals surface area contributed by atoms with Crippen LogP contribution in [0.3, 0.4) is 0 Å². The number of piperazine rings is 1. The zero-order chi connectivity index (χ0) is 20.7. The summed E-state index contributed by atoms with van der Waals surface area (Å²) in [4.78, 5) is 21.9. The Morgan fingerprint density at radius 2 is 1.77 bits per heavy atom. The van der Waals surface area contributed by atoms with Gasteiger partial charge in [-0.25, -0.2) is 9.50 Å². The summed E-state index contributed by atoms with van der Waals surface area (Å²) < 4.78 is 12.5. The first-order valence-corrected chi connectivity index (χ1v) is 10.3. The van der Waals surface area contributed by atoms with Crippen molar-refractivity contribution in [2.24, 2.45) is 0 Å². The van der Waals surface area contributed by atoms with Gasteiger partial charge in [-0.3, -0.25) is 9.69 Å².